The van der Waals surface area contributed by atoms with Gasteiger partial charge >= 0.3 is 5.97 Å². The number of nitrogens with one attached hydrogen (secondary N) is 2. The fraction of sp³-hybridized carbons (Fsp3) is 0.500. The Morgan fingerprint density at radius 1 is 1.21 bits per heavy atom. The topological polar surface area (TPSA) is 113 Å². The van der Waals surface area contributed by atoms with Crippen LogP contribution in [0.25, 0.3) is 0 Å². The molecule has 24 heavy (non-hydrogen) atoms. The summed E-state index contributed by atoms with van der Waals surface area (Å²) in [4.78, 5) is 23.0. The first-order valence-electron chi connectivity index (χ1n) is 7.76. The molecule has 0 aliphatic heterocycles. The summed E-state index contributed by atoms with van der Waals surface area (Å²) in [6.07, 6.45) is 2.28. The van der Waals surface area contributed by atoms with Gasteiger partial charge in [0.2, 0.25) is 15.9 Å². The van der Waals surface area contributed by atoms with Crippen molar-refractivity contribution >= 4 is 21.9 Å². The zero-order valence-electron chi connectivity index (χ0n) is 13.7. The van der Waals surface area contributed by atoms with Crippen LogP contribution in [0.2, 0.25) is 0 Å². The number of amides is 1. The lowest BCUT2D eigenvalue weighted by Crippen LogP contribution is -2.49. The van der Waals surface area contributed by atoms with E-state index in [0.717, 1.165) is 18.4 Å². The van der Waals surface area contributed by atoms with Gasteiger partial charge in [0.1, 0.15) is 5.54 Å². The number of hydrogen-bond donors (Lipinski definition) is 3. The second-order valence-electron chi connectivity index (χ2n) is 6.52. The number of sulfonamides is 1. The molecular weight excluding hydrogens is 332 g/mol. The van der Waals surface area contributed by atoms with E-state index in [-0.39, 0.29) is 23.3 Å². The van der Waals surface area contributed by atoms with Crippen molar-refractivity contribution in [3.8, 4) is 0 Å². The largest absolute Gasteiger partial charge is 0.480 e. The smallest absolute Gasteiger partial charge is 0.328 e. The number of aryl methyl sites for hydroxylation is 1. The highest BCUT2D eigenvalue weighted by Gasteiger charge is 2.29. The van der Waals surface area contributed by atoms with Crippen LogP contribution in [0, 0.1) is 0 Å². The molecular formula is C16H22N2O5S. The van der Waals surface area contributed by atoms with Crippen molar-refractivity contribution in [1.29, 1.82) is 0 Å². The Bertz CT molecular complexity index is 721. The van der Waals surface area contributed by atoms with Crippen LogP contribution in [-0.4, -0.2) is 37.0 Å². The lowest BCUT2D eigenvalue weighted by molar-refractivity contribution is -0.146. The number of rotatable bonds is 8. The minimum absolute atomic E-state index is 0.0518. The number of benzene rings is 1. The summed E-state index contributed by atoms with van der Waals surface area (Å²) in [6, 6.07) is 6.41. The molecule has 1 fully saturated rings. The summed E-state index contributed by atoms with van der Waals surface area (Å²) in [5, 5.41) is 11.4. The third kappa shape index (κ3) is 5.04. The molecule has 3 N–H and O–H groups in total. The molecule has 1 aliphatic carbocycles. The highest BCUT2D eigenvalue weighted by Crippen LogP contribution is 2.22. The Balaban J connectivity index is 1.90. The van der Waals surface area contributed by atoms with E-state index in [1.165, 1.54) is 26.0 Å². The number of aliphatic carboxylic acids is 1. The van der Waals surface area contributed by atoms with Crippen LogP contribution >= 0.6 is 0 Å². The maximum atomic E-state index is 12.0. The maximum absolute atomic E-state index is 12.0. The Labute approximate surface area is 141 Å². The SMILES string of the molecule is CC(C)(NC(=O)CCc1ccc(S(=O)(=O)NC2CC2)cc1)C(=O)O. The first kappa shape index (κ1) is 18.4. The lowest BCUT2D eigenvalue weighted by Gasteiger charge is -2.20. The molecule has 7 nitrogen and oxygen atoms in total. The molecule has 2 rings (SSSR count). The minimum Gasteiger partial charge on any atom is -0.480 e. The molecule has 1 aromatic carbocycles. The normalized spacial score (nSPS) is 15.1. The van der Waals surface area contributed by atoms with Gasteiger partial charge in [0.15, 0.2) is 0 Å². The van der Waals surface area contributed by atoms with E-state index in [0.29, 0.717) is 6.42 Å². The van der Waals surface area contributed by atoms with Crippen molar-refractivity contribution in [2.45, 2.75) is 56.0 Å². The second-order valence-corrected chi connectivity index (χ2v) is 8.23. The summed E-state index contributed by atoms with van der Waals surface area (Å²) in [5.41, 5.74) is -0.507. The minimum atomic E-state index is -3.47. The molecule has 0 heterocycles. The third-order valence-electron chi connectivity index (χ3n) is 3.76. The Hall–Kier alpha value is -1.93. The number of carbonyl (C=O) groups excluding carboxylic acids is 1. The molecule has 0 saturated heterocycles. The number of carboxylic acid groups (broad SMARTS) is 1. The van der Waals surface area contributed by atoms with Crippen molar-refractivity contribution in [3.05, 3.63) is 29.8 Å². The van der Waals surface area contributed by atoms with Gasteiger partial charge in [-0.3, -0.25) is 4.79 Å². The standard InChI is InChI=1S/C16H22N2O5S/c1-16(2,15(20)21)17-14(19)10-5-11-3-8-13(9-4-11)24(22,23)18-12-6-7-12/h3-4,8-9,12,18H,5-7,10H2,1-2H3,(H,17,19)(H,20,21). The predicted octanol–water partition coefficient (Wildman–Crippen LogP) is 1.04. The van der Waals surface area contributed by atoms with Gasteiger partial charge in [0.25, 0.3) is 0 Å². The van der Waals surface area contributed by atoms with Crippen LogP contribution < -0.4 is 10.0 Å². The molecule has 0 bridgehead atoms. The van der Waals surface area contributed by atoms with E-state index in [9.17, 15) is 18.0 Å². The molecule has 0 radical (unpaired) electrons. The van der Waals surface area contributed by atoms with E-state index in [2.05, 4.69) is 10.0 Å². The van der Waals surface area contributed by atoms with E-state index in [1.807, 2.05) is 0 Å². The van der Waals surface area contributed by atoms with Crippen LogP contribution in [0.3, 0.4) is 0 Å². The van der Waals surface area contributed by atoms with Gasteiger partial charge in [0, 0.05) is 12.5 Å². The fourth-order valence-electron chi connectivity index (χ4n) is 2.05. The summed E-state index contributed by atoms with van der Waals surface area (Å²) < 4.78 is 26.7. The zero-order chi connectivity index (χ0) is 18.0. The number of carbonyl (C=O) groups is 2. The van der Waals surface area contributed by atoms with Gasteiger partial charge in [0.05, 0.1) is 4.90 Å². The van der Waals surface area contributed by atoms with E-state index < -0.39 is 21.5 Å². The molecule has 8 heteroatoms. The highest BCUT2D eigenvalue weighted by molar-refractivity contribution is 7.89. The molecule has 1 saturated carbocycles. The van der Waals surface area contributed by atoms with E-state index in [4.69, 9.17) is 5.11 Å². The van der Waals surface area contributed by atoms with E-state index >= 15 is 0 Å². The van der Waals surface area contributed by atoms with Crippen LogP contribution in [0.1, 0.15) is 38.7 Å². The Kier molecular flexibility index (Phi) is 5.29. The average molecular weight is 354 g/mol. The molecule has 1 amide bonds. The monoisotopic (exact) mass is 354 g/mol. The molecule has 1 aliphatic rings. The van der Waals surface area contributed by atoms with Gasteiger partial charge in [-0.15, -0.1) is 0 Å². The van der Waals surface area contributed by atoms with Crippen molar-refractivity contribution in [1.82, 2.24) is 10.0 Å². The predicted molar refractivity (Wildman–Crippen MR) is 88.0 cm³/mol. The second kappa shape index (κ2) is 6.90. The third-order valence-corrected chi connectivity index (χ3v) is 5.30. The zero-order valence-corrected chi connectivity index (χ0v) is 14.5. The number of carboxylic acids is 1. The first-order valence-corrected chi connectivity index (χ1v) is 9.24. The van der Waals surface area contributed by atoms with E-state index in [1.54, 1.807) is 12.1 Å². The van der Waals surface area contributed by atoms with Crippen molar-refractivity contribution in [2.24, 2.45) is 0 Å². The quantitative estimate of drug-likeness (QED) is 0.646. The molecule has 0 aromatic heterocycles. The Morgan fingerprint density at radius 3 is 2.29 bits per heavy atom. The van der Waals surface area contributed by atoms with Gasteiger partial charge in [-0.25, -0.2) is 17.9 Å². The van der Waals surface area contributed by atoms with Crippen molar-refractivity contribution in [2.75, 3.05) is 0 Å². The van der Waals surface area contributed by atoms with Gasteiger partial charge in [-0.1, -0.05) is 12.1 Å². The van der Waals surface area contributed by atoms with Crippen LogP contribution in [0.4, 0.5) is 0 Å². The highest BCUT2D eigenvalue weighted by atomic mass is 32.2. The Morgan fingerprint density at radius 2 is 1.79 bits per heavy atom. The van der Waals surface area contributed by atoms with Crippen LogP contribution in [-0.2, 0) is 26.0 Å². The number of hydrogen-bond acceptors (Lipinski definition) is 4. The molecule has 0 atom stereocenters. The van der Waals surface area contributed by atoms with Crippen LogP contribution in [0.15, 0.2) is 29.2 Å². The van der Waals surface area contributed by atoms with Crippen LogP contribution in [0.5, 0.6) is 0 Å². The summed E-state index contributed by atoms with van der Waals surface area (Å²) in [6.45, 7) is 2.83. The summed E-state index contributed by atoms with van der Waals surface area (Å²) in [5.74, 6) is -1.47. The van der Waals surface area contributed by atoms with Gasteiger partial charge < -0.3 is 10.4 Å². The molecule has 0 spiro atoms. The summed E-state index contributed by atoms with van der Waals surface area (Å²) in [7, 11) is -3.47. The molecule has 0 unspecified atom stereocenters. The molecule has 132 valence electrons. The lowest BCUT2D eigenvalue weighted by atomic mass is 10.0. The first-order chi connectivity index (χ1) is 11.1. The fourth-order valence-corrected chi connectivity index (χ4v) is 3.35. The average Bonchev–Trinajstić information content (AvgIpc) is 3.28. The van der Waals surface area contributed by atoms with Gasteiger partial charge in [-0.05, 0) is 50.8 Å². The van der Waals surface area contributed by atoms with Gasteiger partial charge in [-0.2, -0.15) is 0 Å². The maximum Gasteiger partial charge on any atom is 0.328 e. The van der Waals surface area contributed by atoms with Crippen molar-refractivity contribution < 1.29 is 23.1 Å². The molecule has 1 aromatic rings. The summed E-state index contributed by atoms with van der Waals surface area (Å²) >= 11 is 0. The van der Waals surface area contributed by atoms with Crippen molar-refractivity contribution in [3.63, 3.8) is 0 Å².